The summed E-state index contributed by atoms with van der Waals surface area (Å²) in [5.74, 6) is -0.581. The van der Waals surface area contributed by atoms with Crippen LogP contribution in [0.3, 0.4) is 0 Å². The van der Waals surface area contributed by atoms with Crippen LogP contribution in [0.15, 0.2) is 48.5 Å². The first-order valence-corrected chi connectivity index (χ1v) is 15.7. The molecular weight excluding hydrogens is 560 g/mol. The molecule has 0 bridgehead atoms. The number of nitrogens with one attached hydrogen (secondary N) is 2. The first-order valence-electron chi connectivity index (χ1n) is 15.7. The number of amides is 3. The number of benzene rings is 2. The van der Waals surface area contributed by atoms with Gasteiger partial charge in [0.25, 0.3) is 5.91 Å². The van der Waals surface area contributed by atoms with E-state index >= 15 is 0 Å². The van der Waals surface area contributed by atoms with E-state index in [0.717, 1.165) is 24.1 Å². The second-order valence-electron chi connectivity index (χ2n) is 13.3. The van der Waals surface area contributed by atoms with Gasteiger partial charge in [0, 0.05) is 45.1 Å². The number of carbonyl (C=O) groups excluding carboxylic acids is 3. The molecule has 1 saturated heterocycles. The Morgan fingerprint density at radius 3 is 2.52 bits per heavy atom. The molecule has 1 saturated carbocycles. The fraction of sp³-hybridized carbons (Fsp3) is 0.559. The van der Waals surface area contributed by atoms with Gasteiger partial charge in [0.15, 0.2) is 5.60 Å². The van der Waals surface area contributed by atoms with Crippen LogP contribution < -0.4 is 25.2 Å². The Morgan fingerprint density at radius 1 is 1.16 bits per heavy atom. The van der Waals surface area contributed by atoms with Gasteiger partial charge in [-0.3, -0.25) is 14.4 Å². The van der Waals surface area contributed by atoms with Crippen LogP contribution in [0.25, 0.3) is 0 Å². The third-order valence-corrected chi connectivity index (χ3v) is 8.71. The molecule has 2 aliphatic heterocycles. The zero-order valence-electron chi connectivity index (χ0n) is 26.5. The summed E-state index contributed by atoms with van der Waals surface area (Å²) in [5.41, 5.74) is 0.0169. The molecule has 3 amide bonds. The van der Waals surface area contributed by atoms with E-state index in [4.69, 9.17) is 9.47 Å². The van der Waals surface area contributed by atoms with Crippen molar-refractivity contribution in [2.45, 2.75) is 76.7 Å². The van der Waals surface area contributed by atoms with Crippen molar-refractivity contribution >= 4 is 29.1 Å². The number of nitrogens with zero attached hydrogens (tertiary/aromatic N) is 2. The van der Waals surface area contributed by atoms with E-state index in [0.29, 0.717) is 50.5 Å². The lowest BCUT2D eigenvalue weighted by Crippen LogP contribution is -2.53. The number of carbonyl (C=O) groups is 3. The van der Waals surface area contributed by atoms with Gasteiger partial charge in [-0.1, -0.05) is 30.3 Å². The van der Waals surface area contributed by atoms with Gasteiger partial charge in [0.2, 0.25) is 11.8 Å². The minimum atomic E-state index is -1.18. The monoisotopic (exact) mass is 606 g/mol. The molecule has 1 aliphatic carbocycles. The van der Waals surface area contributed by atoms with E-state index in [-0.39, 0.29) is 23.8 Å². The van der Waals surface area contributed by atoms with Crippen LogP contribution in [0.1, 0.15) is 65.0 Å². The van der Waals surface area contributed by atoms with Crippen LogP contribution in [0.5, 0.6) is 5.75 Å². The highest BCUT2D eigenvalue weighted by molar-refractivity contribution is 6.04. The average Bonchev–Trinajstić information content (AvgIpc) is 3.83. The normalized spacial score (nSPS) is 22.0. The molecule has 5 rings (SSSR count). The predicted octanol–water partition coefficient (Wildman–Crippen LogP) is 3.58. The third-order valence-electron chi connectivity index (χ3n) is 8.71. The third kappa shape index (κ3) is 6.92. The summed E-state index contributed by atoms with van der Waals surface area (Å²) in [6.07, 6.45) is 2.87. The van der Waals surface area contributed by atoms with Gasteiger partial charge >= 0.3 is 0 Å². The number of methoxy groups -OCH3 is 1. The van der Waals surface area contributed by atoms with Gasteiger partial charge < -0.3 is 35.0 Å². The Kier molecular flexibility index (Phi) is 9.34. The Morgan fingerprint density at radius 2 is 1.86 bits per heavy atom. The zero-order chi connectivity index (χ0) is 31.6. The van der Waals surface area contributed by atoms with Crippen molar-refractivity contribution in [2.75, 3.05) is 43.2 Å². The van der Waals surface area contributed by atoms with E-state index in [1.54, 1.807) is 39.7 Å². The Bertz CT molecular complexity index is 1350. The van der Waals surface area contributed by atoms with Gasteiger partial charge in [0.05, 0.1) is 29.2 Å². The summed E-state index contributed by atoms with van der Waals surface area (Å²) >= 11 is 0. The van der Waals surface area contributed by atoms with E-state index in [1.807, 2.05) is 53.4 Å². The van der Waals surface area contributed by atoms with E-state index in [2.05, 4.69) is 10.6 Å². The first kappa shape index (κ1) is 31.9. The zero-order valence-corrected chi connectivity index (χ0v) is 26.5. The average molecular weight is 607 g/mol. The highest BCUT2D eigenvalue weighted by atomic mass is 16.5. The lowest BCUT2D eigenvalue weighted by molar-refractivity contribution is -0.132. The summed E-state index contributed by atoms with van der Waals surface area (Å²) in [6, 6.07) is 14.5. The summed E-state index contributed by atoms with van der Waals surface area (Å²) in [7, 11) is 1.64. The van der Waals surface area contributed by atoms with Gasteiger partial charge in [-0.25, -0.2) is 0 Å². The Labute approximate surface area is 260 Å². The molecule has 0 aromatic heterocycles. The van der Waals surface area contributed by atoms with Crippen LogP contribution >= 0.6 is 0 Å². The standard InChI is InChI=1S/C34H46N4O6/c1-33(2,42)29(22-10-7-6-8-11-22)36-30(39)23-18-24(21-35-20-23)31(40)38(25-12-13-25)26-14-15-28-27(19-26)37(16-9-17-43-5)32(41)34(3,4)44-28/h6-8,10-11,14-15,19,23-25,29,35,42H,9,12-13,16-18,20-21H2,1-5H3,(H,36,39)/t23-,24+,29+/m0/s1. The van der Waals surface area contributed by atoms with Crippen LogP contribution in [0.4, 0.5) is 11.4 Å². The molecule has 3 atom stereocenters. The van der Waals surface area contributed by atoms with Crippen LogP contribution in [-0.2, 0) is 19.1 Å². The van der Waals surface area contributed by atoms with Gasteiger partial charge in [-0.05, 0) is 77.1 Å². The summed E-state index contributed by atoms with van der Waals surface area (Å²) in [4.78, 5) is 44.6. The van der Waals surface area contributed by atoms with Gasteiger partial charge in [0.1, 0.15) is 5.75 Å². The Hall–Kier alpha value is -3.47. The molecule has 0 spiro atoms. The fourth-order valence-corrected chi connectivity index (χ4v) is 6.25. The highest BCUT2D eigenvalue weighted by Gasteiger charge is 2.43. The van der Waals surface area contributed by atoms with Crippen LogP contribution in [0.2, 0.25) is 0 Å². The predicted molar refractivity (Wildman–Crippen MR) is 169 cm³/mol. The second-order valence-corrected chi connectivity index (χ2v) is 13.3. The maximum atomic E-state index is 14.2. The molecule has 3 aliphatic rings. The van der Waals surface area contributed by atoms with Crippen molar-refractivity contribution in [3.8, 4) is 5.75 Å². The van der Waals surface area contributed by atoms with Crippen LogP contribution in [-0.4, -0.2) is 73.4 Å². The van der Waals surface area contributed by atoms with Crippen molar-refractivity contribution in [1.29, 1.82) is 0 Å². The number of hydrogen-bond acceptors (Lipinski definition) is 7. The number of hydrogen-bond donors (Lipinski definition) is 3. The molecule has 238 valence electrons. The van der Waals surface area contributed by atoms with Crippen molar-refractivity contribution in [1.82, 2.24) is 10.6 Å². The largest absolute Gasteiger partial charge is 0.476 e. The molecule has 0 radical (unpaired) electrons. The van der Waals surface area contributed by atoms with Gasteiger partial charge in [-0.15, -0.1) is 0 Å². The number of fused-ring (bicyclic) bond motifs is 1. The maximum absolute atomic E-state index is 14.2. The van der Waals surface area contributed by atoms with Crippen LogP contribution in [0, 0.1) is 11.8 Å². The molecule has 0 unspecified atom stereocenters. The molecule has 2 aromatic rings. The lowest BCUT2D eigenvalue weighted by atomic mass is 9.87. The molecule has 10 heteroatoms. The van der Waals surface area contributed by atoms with Gasteiger partial charge in [-0.2, -0.15) is 0 Å². The van der Waals surface area contributed by atoms with E-state index in [9.17, 15) is 19.5 Å². The minimum absolute atomic E-state index is 0.0335. The lowest BCUT2D eigenvalue weighted by Gasteiger charge is -2.40. The Balaban J connectivity index is 1.34. The maximum Gasteiger partial charge on any atom is 0.270 e. The molecular formula is C34H46N4O6. The fourth-order valence-electron chi connectivity index (χ4n) is 6.25. The number of rotatable bonds is 11. The SMILES string of the molecule is COCCCN1C(=O)C(C)(C)Oc2ccc(N(C(=O)[C@H]3CNC[C@@H](C(=O)N[C@H](c4ccccc4)C(C)(C)O)C3)C3CC3)cc21. The number of aliphatic hydroxyl groups is 1. The van der Waals surface area contributed by atoms with Crippen molar-refractivity contribution in [3.05, 3.63) is 54.1 Å². The van der Waals surface area contributed by atoms with E-state index in [1.165, 1.54) is 0 Å². The van der Waals surface area contributed by atoms with E-state index < -0.39 is 29.1 Å². The molecule has 2 aromatic carbocycles. The molecule has 2 heterocycles. The first-order chi connectivity index (χ1) is 20.9. The highest BCUT2D eigenvalue weighted by Crippen LogP contribution is 2.43. The number of anilines is 2. The smallest absolute Gasteiger partial charge is 0.270 e. The molecule has 44 heavy (non-hydrogen) atoms. The summed E-state index contributed by atoms with van der Waals surface area (Å²) in [5, 5.41) is 17.2. The van der Waals surface area contributed by atoms with Crippen molar-refractivity contribution in [3.63, 3.8) is 0 Å². The summed E-state index contributed by atoms with van der Waals surface area (Å²) in [6.45, 7) is 8.83. The quantitative estimate of drug-likeness (QED) is 0.335. The molecule has 10 nitrogen and oxygen atoms in total. The topological polar surface area (TPSA) is 120 Å². The number of ether oxygens (including phenoxy) is 2. The minimum Gasteiger partial charge on any atom is -0.476 e. The second kappa shape index (κ2) is 12.9. The molecule has 2 fully saturated rings. The van der Waals surface area contributed by atoms with Crippen molar-refractivity contribution in [2.24, 2.45) is 11.8 Å². The van der Waals surface area contributed by atoms with Crippen molar-refractivity contribution < 1.29 is 29.0 Å². The summed E-state index contributed by atoms with van der Waals surface area (Å²) < 4.78 is 11.3. The molecule has 3 N–H and O–H groups in total. The number of piperidine rings is 1.